The van der Waals surface area contributed by atoms with Crippen LogP contribution in [0.2, 0.25) is 10.3 Å². The Labute approximate surface area is 109 Å². The molecule has 3 nitrogen and oxygen atoms in total. The summed E-state index contributed by atoms with van der Waals surface area (Å²) in [7, 11) is 1.63. The maximum atomic E-state index is 5.82. The van der Waals surface area contributed by atoms with Gasteiger partial charge >= 0.3 is 0 Å². The monoisotopic (exact) mass is 268 g/mol. The number of aromatic nitrogens is 2. The van der Waals surface area contributed by atoms with Crippen molar-refractivity contribution in [2.45, 2.75) is 6.42 Å². The molecule has 0 bridgehead atoms. The number of ether oxygens (including phenoxy) is 1. The lowest BCUT2D eigenvalue weighted by atomic mass is 10.1. The summed E-state index contributed by atoms with van der Waals surface area (Å²) in [6.45, 7) is 0. The second-order valence-corrected chi connectivity index (χ2v) is 4.19. The number of para-hydroxylation sites is 1. The minimum absolute atomic E-state index is 0.342. The van der Waals surface area contributed by atoms with E-state index in [0.29, 0.717) is 22.6 Å². The zero-order valence-electron chi connectivity index (χ0n) is 9.15. The van der Waals surface area contributed by atoms with Gasteiger partial charge in [0, 0.05) is 18.1 Å². The van der Waals surface area contributed by atoms with Crippen molar-refractivity contribution in [3.63, 3.8) is 0 Å². The Bertz CT molecular complexity index is 511. The summed E-state index contributed by atoms with van der Waals surface area (Å²) < 4.78 is 5.26. The number of nitrogens with zero attached hydrogens (tertiary/aromatic N) is 2. The highest BCUT2D eigenvalue weighted by atomic mass is 35.5. The fourth-order valence-corrected chi connectivity index (χ4v) is 1.99. The second kappa shape index (κ2) is 5.34. The van der Waals surface area contributed by atoms with Crippen LogP contribution in [-0.4, -0.2) is 17.1 Å². The first kappa shape index (κ1) is 12.1. The lowest BCUT2D eigenvalue weighted by Crippen LogP contribution is -1.99. The molecule has 0 aliphatic heterocycles. The summed E-state index contributed by atoms with van der Waals surface area (Å²) in [5, 5.41) is 0.685. The summed E-state index contributed by atoms with van der Waals surface area (Å²) in [5.41, 5.74) is 0.994. The third-order valence-corrected chi connectivity index (χ3v) is 2.64. The Hall–Kier alpha value is -1.32. The number of hydrogen-bond acceptors (Lipinski definition) is 3. The zero-order valence-corrected chi connectivity index (χ0v) is 10.7. The molecule has 17 heavy (non-hydrogen) atoms. The lowest BCUT2D eigenvalue weighted by Gasteiger charge is -2.07. The Morgan fingerprint density at radius 1 is 1.12 bits per heavy atom. The van der Waals surface area contributed by atoms with Gasteiger partial charge in [0.05, 0.1) is 7.11 Å². The smallest absolute Gasteiger partial charge is 0.136 e. The highest BCUT2D eigenvalue weighted by Gasteiger charge is 2.07. The highest BCUT2D eigenvalue weighted by molar-refractivity contribution is 6.33. The number of benzene rings is 1. The Morgan fingerprint density at radius 2 is 1.76 bits per heavy atom. The molecule has 0 amide bonds. The standard InChI is InChI=1S/C12H10Cl2N2O/c1-17-9-5-3-2-4-8(9)6-12-15-10(13)7-11(14)16-12/h2-5,7H,6H2,1H3. The Morgan fingerprint density at radius 3 is 2.41 bits per heavy atom. The van der Waals surface area contributed by atoms with Gasteiger partial charge in [-0.3, -0.25) is 0 Å². The SMILES string of the molecule is COc1ccccc1Cc1nc(Cl)cc(Cl)n1. The molecule has 0 fully saturated rings. The highest BCUT2D eigenvalue weighted by Crippen LogP contribution is 2.21. The zero-order chi connectivity index (χ0) is 12.3. The first-order chi connectivity index (χ1) is 8.19. The summed E-state index contributed by atoms with van der Waals surface area (Å²) in [6.07, 6.45) is 0.532. The summed E-state index contributed by atoms with van der Waals surface area (Å²) >= 11 is 11.6. The minimum atomic E-state index is 0.342. The average Bonchev–Trinajstić information content (AvgIpc) is 2.28. The first-order valence-electron chi connectivity index (χ1n) is 5.00. The van der Waals surface area contributed by atoms with E-state index in [4.69, 9.17) is 27.9 Å². The van der Waals surface area contributed by atoms with Crippen molar-refractivity contribution in [3.05, 3.63) is 52.0 Å². The number of methoxy groups -OCH3 is 1. The normalized spacial score (nSPS) is 10.3. The minimum Gasteiger partial charge on any atom is -0.496 e. The molecular weight excluding hydrogens is 259 g/mol. The molecule has 2 rings (SSSR count). The van der Waals surface area contributed by atoms with Gasteiger partial charge in [-0.15, -0.1) is 0 Å². The van der Waals surface area contributed by atoms with Gasteiger partial charge in [0.15, 0.2) is 0 Å². The van der Waals surface area contributed by atoms with Crippen LogP contribution in [0.1, 0.15) is 11.4 Å². The van der Waals surface area contributed by atoms with Gasteiger partial charge in [-0.1, -0.05) is 41.4 Å². The molecule has 0 spiro atoms. The molecule has 1 heterocycles. The Kier molecular flexibility index (Phi) is 3.82. The topological polar surface area (TPSA) is 35.0 Å². The van der Waals surface area contributed by atoms with Crippen molar-refractivity contribution in [1.29, 1.82) is 0 Å². The Balaban J connectivity index is 2.31. The third kappa shape index (κ3) is 3.08. The van der Waals surface area contributed by atoms with E-state index in [0.717, 1.165) is 11.3 Å². The summed E-state index contributed by atoms with van der Waals surface area (Å²) in [5.74, 6) is 1.37. The van der Waals surface area contributed by atoms with Crippen LogP contribution < -0.4 is 4.74 Å². The van der Waals surface area contributed by atoms with E-state index < -0.39 is 0 Å². The number of hydrogen-bond donors (Lipinski definition) is 0. The first-order valence-corrected chi connectivity index (χ1v) is 5.75. The molecule has 1 aromatic heterocycles. The van der Waals surface area contributed by atoms with Gasteiger partial charge in [-0.25, -0.2) is 9.97 Å². The summed E-state index contributed by atoms with van der Waals surface area (Å²) in [6, 6.07) is 9.20. The predicted octanol–water partition coefficient (Wildman–Crippen LogP) is 3.38. The fraction of sp³-hybridized carbons (Fsp3) is 0.167. The van der Waals surface area contributed by atoms with Crippen molar-refractivity contribution in [2.24, 2.45) is 0 Å². The predicted molar refractivity (Wildman–Crippen MR) is 67.9 cm³/mol. The molecule has 0 radical (unpaired) electrons. The number of halogens is 2. The largest absolute Gasteiger partial charge is 0.496 e. The summed E-state index contributed by atoms with van der Waals surface area (Å²) in [4.78, 5) is 8.24. The van der Waals surface area contributed by atoms with Crippen LogP contribution >= 0.6 is 23.2 Å². The van der Waals surface area contributed by atoms with Gasteiger partial charge in [-0.05, 0) is 6.07 Å². The van der Waals surface area contributed by atoms with E-state index in [-0.39, 0.29) is 0 Å². The maximum absolute atomic E-state index is 5.82. The molecular formula is C12H10Cl2N2O. The molecule has 0 atom stereocenters. The molecule has 0 N–H and O–H groups in total. The molecule has 0 saturated heterocycles. The molecule has 5 heteroatoms. The lowest BCUT2D eigenvalue weighted by molar-refractivity contribution is 0.410. The third-order valence-electron chi connectivity index (χ3n) is 2.25. The van der Waals surface area contributed by atoms with Crippen molar-refractivity contribution in [2.75, 3.05) is 7.11 Å². The van der Waals surface area contributed by atoms with E-state index >= 15 is 0 Å². The fourth-order valence-electron chi connectivity index (χ4n) is 1.53. The van der Waals surface area contributed by atoms with E-state index in [1.807, 2.05) is 24.3 Å². The van der Waals surface area contributed by atoms with Crippen LogP contribution in [0.15, 0.2) is 30.3 Å². The van der Waals surface area contributed by atoms with Crippen molar-refractivity contribution in [3.8, 4) is 5.75 Å². The van der Waals surface area contributed by atoms with Crippen molar-refractivity contribution in [1.82, 2.24) is 9.97 Å². The molecule has 88 valence electrons. The van der Waals surface area contributed by atoms with Gasteiger partial charge in [0.25, 0.3) is 0 Å². The van der Waals surface area contributed by atoms with Gasteiger partial charge < -0.3 is 4.74 Å². The second-order valence-electron chi connectivity index (χ2n) is 3.42. The van der Waals surface area contributed by atoms with E-state index in [1.165, 1.54) is 6.07 Å². The molecule has 0 unspecified atom stereocenters. The van der Waals surface area contributed by atoms with Crippen LogP contribution in [0.25, 0.3) is 0 Å². The van der Waals surface area contributed by atoms with Gasteiger partial charge in [-0.2, -0.15) is 0 Å². The van der Waals surface area contributed by atoms with Crippen LogP contribution in [-0.2, 0) is 6.42 Å². The van der Waals surface area contributed by atoms with Crippen LogP contribution in [0.4, 0.5) is 0 Å². The van der Waals surface area contributed by atoms with Crippen molar-refractivity contribution < 1.29 is 4.74 Å². The molecule has 0 aliphatic carbocycles. The van der Waals surface area contributed by atoms with Crippen LogP contribution in [0.3, 0.4) is 0 Å². The van der Waals surface area contributed by atoms with Crippen molar-refractivity contribution >= 4 is 23.2 Å². The molecule has 0 aliphatic rings. The van der Waals surface area contributed by atoms with Gasteiger partial charge in [0.2, 0.25) is 0 Å². The molecule has 0 saturated carbocycles. The molecule has 2 aromatic rings. The van der Waals surface area contributed by atoms with Gasteiger partial charge in [0.1, 0.15) is 21.9 Å². The maximum Gasteiger partial charge on any atom is 0.136 e. The van der Waals surface area contributed by atoms with E-state index in [9.17, 15) is 0 Å². The quantitative estimate of drug-likeness (QED) is 0.801. The van der Waals surface area contributed by atoms with Crippen LogP contribution in [0, 0.1) is 0 Å². The number of rotatable bonds is 3. The van der Waals surface area contributed by atoms with Crippen LogP contribution in [0.5, 0.6) is 5.75 Å². The van der Waals surface area contributed by atoms with E-state index in [1.54, 1.807) is 7.11 Å². The average molecular weight is 269 g/mol. The van der Waals surface area contributed by atoms with E-state index in [2.05, 4.69) is 9.97 Å². The molecule has 1 aromatic carbocycles.